The molecule has 0 bridgehead atoms. The van der Waals surface area contributed by atoms with Crippen LogP contribution in [0.25, 0.3) is 0 Å². The molecule has 1 rings (SSSR count). The SMILES string of the molecule is C#CCC(CC)NC(C)c1ccc(CC)s1. The second kappa shape index (κ2) is 6.73. The van der Waals surface area contributed by atoms with Crippen molar-refractivity contribution in [1.82, 2.24) is 5.32 Å². The molecule has 0 aromatic carbocycles. The summed E-state index contributed by atoms with van der Waals surface area (Å²) in [5.41, 5.74) is 0. The lowest BCUT2D eigenvalue weighted by molar-refractivity contribution is 0.453. The van der Waals surface area contributed by atoms with Crippen LogP contribution in [0.1, 0.15) is 49.4 Å². The van der Waals surface area contributed by atoms with Crippen LogP contribution in [0.5, 0.6) is 0 Å². The molecule has 2 atom stereocenters. The van der Waals surface area contributed by atoms with Crippen molar-refractivity contribution in [2.45, 2.75) is 52.1 Å². The largest absolute Gasteiger partial charge is 0.306 e. The van der Waals surface area contributed by atoms with E-state index in [2.05, 4.69) is 44.1 Å². The summed E-state index contributed by atoms with van der Waals surface area (Å²) in [7, 11) is 0. The molecule has 0 saturated heterocycles. The van der Waals surface area contributed by atoms with Gasteiger partial charge in [0.15, 0.2) is 0 Å². The van der Waals surface area contributed by atoms with E-state index in [1.165, 1.54) is 9.75 Å². The molecule has 2 heteroatoms. The Hall–Kier alpha value is -0.780. The van der Waals surface area contributed by atoms with E-state index in [9.17, 15) is 0 Å². The van der Waals surface area contributed by atoms with E-state index in [4.69, 9.17) is 6.42 Å². The first-order valence-corrected chi connectivity index (χ1v) is 6.81. The van der Waals surface area contributed by atoms with Gasteiger partial charge < -0.3 is 5.32 Å². The Labute approximate surface area is 103 Å². The number of rotatable bonds is 6. The van der Waals surface area contributed by atoms with Crippen molar-refractivity contribution in [3.63, 3.8) is 0 Å². The van der Waals surface area contributed by atoms with Crippen molar-refractivity contribution in [1.29, 1.82) is 0 Å². The lowest BCUT2D eigenvalue weighted by Crippen LogP contribution is -2.30. The quantitative estimate of drug-likeness (QED) is 0.740. The predicted octanol–water partition coefficient (Wildman–Crippen LogP) is 3.76. The van der Waals surface area contributed by atoms with Gasteiger partial charge in [-0.2, -0.15) is 0 Å². The zero-order valence-corrected chi connectivity index (χ0v) is 11.2. The molecule has 1 heterocycles. The molecule has 0 spiro atoms. The molecule has 0 radical (unpaired) electrons. The summed E-state index contributed by atoms with van der Waals surface area (Å²) in [4.78, 5) is 2.86. The smallest absolute Gasteiger partial charge is 0.0388 e. The van der Waals surface area contributed by atoms with Gasteiger partial charge in [-0.05, 0) is 31.9 Å². The highest BCUT2D eigenvalue weighted by atomic mass is 32.1. The number of terminal acetylenes is 1. The van der Waals surface area contributed by atoms with Crippen molar-refractivity contribution >= 4 is 11.3 Å². The van der Waals surface area contributed by atoms with E-state index in [1.807, 2.05) is 11.3 Å². The van der Waals surface area contributed by atoms with Crippen LogP contribution in [0.3, 0.4) is 0 Å². The normalized spacial score (nSPS) is 14.4. The predicted molar refractivity (Wildman–Crippen MR) is 72.8 cm³/mol. The Kier molecular flexibility index (Phi) is 5.59. The van der Waals surface area contributed by atoms with E-state index < -0.39 is 0 Å². The lowest BCUT2D eigenvalue weighted by Gasteiger charge is -2.19. The molecule has 0 amide bonds. The first kappa shape index (κ1) is 13.3. The summed E-state index contributed by atoms with van der Waals surface area (Å²) in [5.74, 6) is 2.73. The summed E-state index contributed by atoms with van der Waals surface area (Å²) in [6.45, 7) is 6.58. The fourth-order valence-electron chi connectivity index (χ4n) is 1.72. The molecular formula is C14H21NS. The molecule has 2 unspecified atom stereocenters. The second-order valence-corrected chi connectivity index (χ2v) is 5.26. The van der Waals surface area contributed by atoms with E-state index >= 15 is 0 Å². The first-order chi connectivity index (χ1) is 7.71. The van der Waals surface area contributed by atoms with Crippen LogP contribution in [-0.4, -0.2) is 6.04 Å². The van der Waals surface area contributed by atoms with Crippen LogP contribution in [0, 0.1) is 12.3 Å². The van der Waals surface area contributed by atoms with Crippen LogP contribution < -0.4 is 5.32 Å². The van der Waals surface area contributed by atoms with E-state index in [0.717, 1.165) is 19.3 Å². The number of aryl methyl sites for hydroxylation is 1. The summed E-state index contributed by atoms with van der Waals surface area (Å²) >= 11 is 1.90. The third-order valence-electron chi connectivity index (χ3n) is 2.80. The highest BCUT2D eigenvalue weighted by Gasteiger charge is 2.12. The summed E-state index contributed by atoms with van der Waals surface area (Å²) < 4.78 is 0. The van der Waals surface area contributed by atoms with Crippen molar-refractivity contribution in [2.24, 2.45) is 0 Å². The molecule has 0 saturated carbocycles. The van der Waals surface area contributed by atoms with Crippen molar-refractivity contribution < 1.29 is 0 Å². The standard InChI is InChI=1S/C14H21NS/c1-5-8-12(6-2)15-11(4)14-10-9-13(7-3)16-14/h1,9-12,15H,6-8H2,2-4H3. The Morgan fingerprint density at radius 1 is 1.44 bits per heavy atom. The van der Waals surface area contributed by atoms with Crippen molar-refractivity contribution in [3.05, 3.63) is 21.9 Å². The maximum Gasteiger partial charge on any atom is 0.0388 e. The van der Waals surface area contributed by atoms with Crippen LogP contribution in [-0.2, 0) is 6.42 Å². The average molecular weight is 235 g/mol. The highest BCUT2D eigenvalue weighted by molar-refractivity contribution is 7.12. The molecular weight excluding hydrogens is 214 g/mol. The second-order valence-electron chi connectivity index (χ2n) is 4.06. The maximum atomic E-state index is 5.36. The number of nitrogens with one attached hydrogen (secondary N) is 1. The molecule has 1 nitrogen and oxygen atoms in total. The van der Waals surface area contributed by atoms with E-state index in [0.29, 0.717) is 12.1 Å². The number of hydrogen-bond donors (Lipinski definition) is 1. The molecule has 0 aliphatic rings. The first-order valence-electron chi connectivity index (χ1n) is 5.99. The van der Waals surface area contributed by atoms with Crippen molar-refractivity contribution in [3.8, 4) is 12.3 Å². The topological polar surface area (TPSA) is 12.0 Å². The molecule has 88 valence electrons. The van der Waals surface area contributed by atoms with Gasteiger partial charge in [-0.1, -0.05) is 13.8 Å². The van der Waals surface area contributed by atoms with Crippen LogP contribution >= 0.6 is 11.3 Å². The minimum Gasteiger partial charge on any atom is -0.306 e. The average Bonchev–Trinajstić information content (AvgIpc) is 2.76. The zero-order valence-electron chi connectivity index (χ0n) is 10.4. The fraction of sp³-hybridized carbons (Fsp3) is 0.571. The van der Waals surface area contributed by atoms with Gasteiger partial charge in [-0.3, -0.25) is 0 Å². The fourth-order valence-corrected chi connectivity index (χ4v) is 2.68. The summed E-state index contributed by atoms with van der Waals surface area (Å²) in [6.07, 6.45) is 8.38. The molecule has 1 N–H and O–H groups in total. The van der Waals surface area contributed by atoms with Gasteiger partial charge in [0, 0.05) is 28.3 Å². The van der Waals surface area contributed by atoms with Gasteiger partial charge in [0.2, 0.25) is 0 Å². The van der Waals surface area contributed by atoms with Gasteiger partial charge in [-0.25, -0.2) is 0 Å². The van der Waals surface area contributed by atoms with Crippen LogP contribution in [0.2, 0.25) is 0 Å². The van der Waals surface area contributed by atoms with Crippen molar-refractivity contribution in [2.75, 3.05) is 0 Å². The third-order valence-corrected chi connectivity index (χ3v) is 4.21. The number of hydrogen-bond acceptors (Lipinski definition) is 2. The lowest BCUT2D eigenvalue weighted by atomic mass is 10.1. The minimum absolute atomic E-state index is 0.406. The summed E-state index contributed by atoms with van der Waals surface area (Å²) in [6, 6.07) is 5.29. The van der Waals surface area contributed by atoms with Gasteiger partial charge in [-0.15, -0.1) is 23.7 Å². The van der Waals surface area contributed by atoms with Crippen LogP contribution in [0.15, 0.2) is 12.1 Å². The van der Waals surface area contributed by atoms with Gasteiger partial charge in [0.05, 0.1) is 0 Å². The molecule has 1 aromatic rings. The highest BCUT2D eigenvalue weighted by Crippen LogP contribution is 2.24. The summed E-state index contributed by atoms with van der Waals surface area (Å²) in [5, 5.41) is 3.59. The molecule has 0 aliphatic carbocycles. The van der Waals surface area contributed by atoms with Gasteiger partial charge in [0.25, 0.3) is 0 Å². The monoisotopic (exact) mass is 235 g/mol. The van der Waals surface area contributed by atoms with E-state index in [1.54, 1.807) is 0 Å². The molecule has 1 aromatic heterocycles. The Morgan fingerprint density at radius 2 is 2.19 bits per heavy atom. The Morgan fingerprint density at radius 3 is 2.69 bits per heavy atom. The van der Waals surface area contributed by atoms with Gasteiger partial charge >= 0.3 is 0 Å². The van der Waals surface area contributed by atoms with Gasteiger partial charge in [0.1, 0.15) is 0 Å². The van der Waals surface area contributed by atoms with Crippen LogP contribution in [0.4, 0.5) is 0 Å². The molecule has 16 heavy (non-hydrogen) atoms. The Bertz CT molecular complexity index is 348. The number of thiophene rings is 1. The zero-order chi connectivity index (χ0) is 12.0. The maximum absolute atomic E-state index is 5.36. The van der Waals surface area contributed by atoms with E-state index in [-0.39, 0.29) is 0 Å². The molecule has 0 aliphatic heterocycles. The molecule has 0 fully saturated rings. The third kappa shape index (κ3) is 3.66. The Balaban J connectivity index is 2.57. The minimum atomic E-state index is 0.406.